The number of likely N-dealkylation sites (tertiary alicyclic amines) is 1. The molecular weight excluding hydrogens is 290 g/mol. The number of amides is 1. The fraction of sp³-hybridized carbons (Fsp3) is 0.556. The van der Waals surface area contributed by atoms with E-state index in [1.54, 1.807) is 6.20 Å². The summed E-state index contributed by atoms with van der Waals surface area (Å²) in [6, 6.07) is 5.89. The van der Waals surface area contributed by atoms with Crippen molar-refractivity contribution in [1.82, 2.24) is 14.8 Å². The predicted molar refractivity (Wildman–Crippen MR) is 89.7 cm³/mol. The maximum atomic E-state index is 12.6. The first-order valence-electron chi connectivity index (χ1n) is 8.47. The Morgan fingerprint density at radius 2 is 2.09 bits per heavy atom. The fourth-order valence-electron chi connectivity index (χ4n) is 3.31. The second kappa shape index (κ2) is 7.70. The number of pyridine rings is 1. The number of piperidine rings is 1. The zero-order chi connectivity index (χ0) is 16.1. The van der Waals surface area contributed by atoms with E-state index in [0.29, 0.717) is 19.0 Å². The summed E-state index contributed by atoms with van der Waals surface area (Å²) in [7, 11) is 0. The van der Waals surface area contributed by atoms with Crippen LogP contribution in [0.3, 0.4) is 0 Å². The van der Waals surface area contributed by atoms with Gasteiger partial charge in [-0.2, -0.15) is 0 Å². The van der Waals surface area contributed by atoms with Crippen LogP contribution in [-0.4, -0.2) is 65.1 Å². The number of carbonyl (C=O) groups is 1. The molecule has 1 N–H and O–H groups in total. The summed E-state index contributed by atoms with van der Waals surface area (Å²) in [6.07, 6.45) is 6.86. The molecule has 0 aromatic carbocycles. The Kier molecular flexibility index (Phi) is 5.41. The van der Waals surface area contributed by atoms with Crippen molar-refractivity contribution in [2.45, 2.75) is 19.3 Å². The normalized spacial score (nSPS) is 20.4. The number of aliphatic hydroxyl groups is 1. The fourth-order valence-corrected chi connectivity index (χ4v) is 3.31. The van der Waals surface area contributed by atoms with Crippen LogP contribution in [0.25, 0.3) is 5.57 Å². The topological polar surface area (TPSA) is 56.7 Å². The minimum Gasteiger partial charge on any atom is -0.396 e. The Balaban J connectivity index is 1.54. The highest BCUT2D eigenvalue weighted by Crippen LogP contribution is 2.20. The molecule has 23 heavy (non-hydrogen) atoms. The lowest BCUT2D eigenvalue weighted by Crippen LogP contribution is -2.45. The van der Waals surface area contributed by atoms with Crippen LogP contribution in [0.2, 0.25) is 0 Å². The van der Waals surface area contributed by atoms with Crippen LogP contribution in [-0.2, 0) is 4.79 Å². The monoisotopic (exact) mass is 315 g/mol. The molecular formula is C18H25N3O2. The molecule has 5 heteroatoms. The van der Waals surface area contributed by atoms with Gasteiger partial charge in [0.05, 0.1) is 12.2 Å². The van der Waals surface area contributed by atoms with Crippen molar-refractivity contribution in [2.75, 3.05) is 39.3 Å². The summed E-state index contributed by atoms with van der Waals surface area (Å²) >= 11 is 0. The maximum absolute atomic E-state index is 12.6. The van der Waals surface area contributed by atoms with Gasteiger partial charge in [0.2, 0.25) is 5.91 Å². The molecule has 1 amide bonds. The number of aromatic nitrogens is 1. The Morgan fingerprint density at radius 1 is 1.26 bits per heavy atom. The second-order valence-corrected chi connectivity index (χ2v) is 6.45. The van der Waals surface area contributed by atoms with Gasteiger partial charge in [-0.1, -0.05) is 12.1 Å². The Hall–Kier alpha value is -1.72. The van der Waals surface area contributed by atoms with Gasteiger partial charge in [0, 0.05) is 25.9 Å². The summed E-state index contributed by atoms with van der Waals surface area (Å²) in [5.41, 5.74) is 2.11. The molecule has 0 atom stereocenters. The third-order valence-corrected chi connectivity index (χ3v) is 4.82. The molecule has 0 spiro atoms. The van der Waals surface area contributed by atoms with Crippen LogP contribution in [0.1, 0.15) is 25.0 Å². The van der Waals surface area contributed by atoms with Crippen molar-refractivity contribution in [1.29, 1.82) is 0 Å². The first-order valence-corrected chi connectivity index (χ1v) is 8.47. The summed E-state index contributed by atoms with van der Waals surface area (Å²) in [4.78, 5) is 21.1. The van der Waals surface area contributed by atoms with Gasteiger partial charge < -0.3 is 10.0 Å². The lowest BCUT2D eigenvalue weighted by atomic mass is 9.98. The van der Waals surface area contributed by atoms with E-state index in [-0.39, 0.29) is 12.5 Å². The van der Waals surface area contributed by atoms with Gasteiger partial charge in [-0.25, -0.2) is 0 Å². The first kappa shape index (κ1) is 16.1. The van der Waals surface area contributed by atoms with E-state index in [9.17, 15) is 9.90 Å². The lowest BCUT2D eigenvalue weighted by Gasteiger charge is -2.33. The average Bonchev–Trinajstić information content (AvgIpc) is 2.63. The molecule has 124 valence electrons. The van der Waals surface area contributed by atoms with Gasteiger partial charge in [0.1, 0.15) is 0 Å². The number of nitrogens with zero attached hydrogens (tertiary/aromatic N) is 3. The van der Waals surface area contributed by atoms with Crippen molar-refractivity contribution < 1.29 is 9.90 Å². The average molecular weight is 315 g/mol. The van der Waals surface area contributed by atoms with Crippen molar-refractivity contribution >= 4 is 11.5 Å². The van der Waals surface area contributed by atoms with E-state index in [1.165, 1.54) is 0 Å². The molecule has 3 rings (SSSR count). The highest BCUT2D eigenvalue weighted by atomic mass is 16.3. The molecule has 1 aromatic heterocycles. The van der Waals surface area contributed by atoms with Crippen molar-refractivity contribution in [2.24, 2.45) is 5.92 Å². The van der Waals surface area contributed by atoms with Gasteiger partial charge in [0.25, 0.3) is 0 Å². The van der Waals surface area contributed by atoms with E-state index < -0.39 is 0 Å². The van der Waals surface area contributed by atoms with Gasteiger partial charge >= 0.3 is 0 Å². The zero-order valence-corrected chi connectivity index (χ0v) is 13.5. The molecule has 1 aromatic rings. The summed E-state index contributed by atoms with van der Waals surface area (Å²) in [6.45, 7) is 4.03. The summed E-state index contributed by atoms with van der Waals surface area (Å²) < 4.78 is 0. The third-order valence-electron chi connectivity index (χ3n) is 4.82. The molecule has 2 aliphatic heterocycles. The lowest BCUT2D eigenvalue weighted by molar-refractivity contribution is -0.132. The van der Waals surface area contributed by atoms with Crippen LogP contribution in [0.5, 0.6) is 0 Å². The van der Waals surface area contributed by atoms with E-state index >= 15 is 0 Å². The van der Waals surface area contributed by atoms with E-state index in [4.69, 9.17) is 0 Å². The molecule has 1 saturated heterocycles. The molecule has 0 unspecified atom stereocenters. The van der Waals surface area contributed by atoms with Crippen molar-refractivity contribution in [3.63, 3.8) is 0 Å². The van der Waals surface area contributed by atoms with Crippen molar-refractivity contribution in [3.8, 4) is 0 Å². The molecule has 0 aliphatic carbocycles. The Bertz CT molecular complexity index is 551. The SMILES string of the molecule is O=C(CN1CCC(CO)CC1)N1CCC=C(c2ccccn2)C1. The Labute approximate surface area is 137 Å². The predicted octanol–water partition coefficient (Wildman–Crippen LogP) is 1.40. The Morgan fingerprint density at radius 3 is 2.78 bits per heavy atom. The smallest absolute Gasteiger partial charge is 0.237 e. The van der Waals surface area contributed by atoms with Gasteiger partial charge in [-0.05, 0) is 56.0 Å². The van der Waals surface area contributed by atoms with Crippen LogP contribution in [0.15, 0.2) is 30.5 Å². The van der Waals surface area contributed by atoms with Gasteiger partial charge in [-0.3, -0.25) is 14.7 Å². The quantitative estimate of drug-likeness (QED) is 0.912. The number of hydrogen-bond donors (Lipinski definition) is 1. The van der Waals surface area contributed by atoms with Crippen molar-refractivity contribution in [3.05, 3.63) is 36.2 Å². The third kappa shape index (κ3) is 4.18. The van der Waals surface area contributed by atoms with Crippen LogP contribution >= 0.6 is 0 Å². The van der Waals surface area contributed by atoms with E-state index in [1.807, 2.05) is 23.1 Å². The molecule has 5 nitrogen and oxygen atoms in total. The van der Waals surface area contributed by atoms with Gasteiger partial charge in [-0.15, -0.1) is 0 Å². The summed E-state index contributed by atoms with van der Waals surface area (Å²) in [5.74, 6) is 0.615. The molecule has 0 saturated carbocycles. The minimum absolute atomic E-state index is 0.203. The molecule has 0 bridgehead atoms. The largest absolute Gasteiger partial charge is 0.396 e. The summed E-state index contributed by atoms with van der Waals surface area (Å²) in [5, 5.41) is 9.19. The number of rotatable bonds is 4. The minimum atomic E-state index is 0.203. The van der Waals surface area contributed by atoms with Gasteiger partial charge in [0.15, 0.2) is 0 Å². The van der Waals surface area contributed by atoms with E-state index in [0.717, 1.165) is 50.2 Å². The highest BCUT2D eigenvalue weighted by molar-refractivity contribution is 5.81. The first-order chi connectivity index (χ1) is 11.3. The molecule has 1 fully saturated rings. The molecule has 2 aliphatic rings. The van der Waals surface area contributed by atoms with E-state index in [2.05, 4.69) is 16.0 Å². The number of aliphatic hydroxyl groups excluding tert-OH is 1. The number of carbonyl (C=O) groups excluding carboxylic acids is 1. The second-order valence-electron chi connectivity index (χ2n) is 6.45. The number of hydrogen-bond acceptors (Lipinski definition) is 4. The zero-order valence-electron chi connectivity index (χ0n) is 13.5. The standard InChI is InChI=1S/C18H25N3O2/c22-14-15-6-10-20(11-7-15)13-18(23)21-9-3-4-16(12-21)17-5-1-2-8-19-17/h1-2,4-5,8,15,22H,3,6-7,9-14H2. The maximum Gasteiger partial charge on any atom is 0.237 e. The molecule has 0 radical (unpaired) electrons. The highest BCUT2D eigenvalue weighted by Gasteiger charge is 2.24. The molecule has 3 heterocycles. The van der Waals surface area contributed by atoms with Crippen LogP contribution < -0.4 is 0 Å². The van der Waals surface area contributed by atoms with Crippen LogP contribution in [0.4, 0.5) is 0 Å². The van der Waals surface area contributed by atoms with Crippen LogP contribution in [0, 0.1) is 5.92 Å².